The van der Waals surface area contributed by atoms with Gasteiger partial charge in [-0.15, -0.1) is 23.1 Å². The SMILES string of the molecule is CC(C)(C)S(=O)(=O)c1cc2c(Nc3ccc4scnc4c3)ccnc2cc1OCCOCCOCCOCCCc1ccc(SC2CCC(=O)NC2=O)cc1. The van der Waals surface area contributed by atoms with E-state index in [1.807, 2.05) is 36.4 Å². The van der Waals surface area contributed by atoms with Gasteiger partial charge >= 0.3 is 0 Å². The van der Waals surface area contributed by atoms with E-state index in [4.69, 9.17) is 18.9 Å². The highest BCUT2D eigenvalue weighted by Gasteiger charge is 2.34. The predicted molar refractivity (Wildman–Crippen MR) is 216 cm³/mol. The lowest BCUT2D eigenvalue weighted by Gasteiger charge is -2.22. The molecule has 1 saturated heterocycles. The van der Waals surface area contributed by atoms with Gasteiger partial charge in [-0.05, 0) is 88.1 Å². The second-order valence-electron chi connectivity index (χ2n) is 13.9. The van der Waals surface area contributed by atoms with E-state index in [1.165, 1.54) is 17.3 Å². The van der Waals surface area contributed by atoms with Crippen LogP contribution in [0.15, 0.2) is 82.2 Å². The Labute approximate surface area is 329 Å². The first-order valence-electron chi connectivity index (χ1n) is 18.2. The molecule has 1 aliphatic rings. The second kappa shape index (κ2) is 18.7. The molecule has 1 fully saturated rings. The number of benzene rings is 3. The molecule has 2 amide bonds. The van der Waals surface area contributed by atoms with Crippen molar-refractivity contribution < 1.29 is 37.0 Å². The number of piperidine rings is 1. The van der Waals surface area contributed by atoms with Crippen LogP contribution in [0.3, 0.4) is 0 Å². The van der Waals surface area contributed by atoms with E-state index < -0.39 is 14.6 Å². The topological polar surface area (TPSA) is 155 Å². The monoisotopic (exact) mass is 806 g/mol. The van der Waals surface area contributed by atoms with E-state index in [-0.39, 0.29) is 40.9 Å². The number of sulfone groups is 1. The summed E-state index contributed by atoms with van der Waals surface area (Å²) >= 11 is 3.06. The van der Waals surface area contributed by atoms with Crippen LogP contribution in [-0.4, -0.2) is 86.4 Å². The van der Waals surface area contributed by atoms with Crippen molar-refractivity contribution in [2.75, 3.05) is 51.6 Å². The maximum atomic E-state index is 13.8. The number of nitrogens with one attached hydrogen (secondary N) is 2. The molecule has 6 rings (SSSR count). The van der Waals surface area contributed by atoms with Gasteiger partial charge < -0.3 is 24.3 Å². The number of anilines is 2. The fourth-order valence-corrected chi connectivity index (χ4v) is 8.82. The number of pyridine rings is 1. The van der Waals surface area contributed by atoms with E-state index >= 15 is 0 Å². The summed E-state index contributed by atoms with van der Waals surface area (Å²) in [6, 6.07) is 19.2. The van der Waals surface area contributed by atoms with Gasteiger partial charge in [-0.3, -0.25) is 19.9 Å². The molecule has 1 atom stereocenters. The summed E-state index contributed by atoms with van der Waals surface area (Å²) in [5.74, 6) is -0.182. The molecule has 3 heterocycles. The number of aryl methyl sites for hydroxylation is 1. The average molecular weight is 807 g/mol. The molecule has 15 heteroatoms. The minimum Gasteiger partial charge on any atom is -0.490 e. The zero-order chi connectivity index (χ0) is 38.8. The van der Waals surface area contributed by atoms with Crippen LogP contribution in [0.5, 0.6) is 5.75 Å². The molecule has 0 aliphatic carbocycles. The Morgan fingerprint density at radius 1 is 0.873 bits per heavy atom. The number of aromatic nitrogens is 2. The van der Waals surface area contributed by atoms with Crippen LogP contribution in [0.2, 0.25) is 0 Å². The van der Waals surface area contributed by atoms with Crippen molar-refractivity contribution in [3.05, 3.63) is 77.9 Å². The zero-order valence-electron chi connectivity index (χ0n) is 31.2. The van der Waals surface area contributed by atoms with Gasteiger partial charge in [-0.25, -0.2) is 13.4 Å². The number of hydrogen-bond donors (Lipinski definition) is 2. The van der Waals surface area contributed by atoms with Gasteiger partial charge in [0.25, 0.3) is 0 Å². The number of amides is 2. The van der Waals surface area contributed by atoms with Gasteiger partial charge in [-0.2, -0.15) is 0 Å². The van der Waals surface area contributed by atoms with Crippen molar-refractivity contribution in [3.63, 3.8) is 0 Å². The summed E-state index contributed by atoms with van der Waals surface area (Å²) in [5.41, 5.74) is 6.03. The fourth-order valence-electron chi connectivity index (χ4n) is 5.82. The first-order valence-corrected chi connectivity index (χ1v) is 21.5. The lowest BCUT2D eigenvalue weighted by Crippen LogP contribution is -2.42. The number of nitrogens with zero attached hydrogens (tertiary/aromatic N) is 2. The summed E-state index contributed by atoms with van der Waals surface area (Å²) in [7, 11) is -3.78. The van der Waals surface area contributed by atoms with Crippen LogP contribution in [0.4, 0.5) is 11.4 Å². The molecule has 2 aromatic heterocycles. The summed E-state index contributed by atoms with van der Waals surface area (Å²) in [4.78, 5) is 33.4. The predicted octanol–water partition coefficient (Wildman–Crippen LogP) is 7.12. The normalized spacial score (nSPS) is 15.1. The molecule has 1 unspecified atom stereocenters. The molecule has 0 radical (unpaired) electrons. The molecule has 0 saturated carbocycles. The number of ether oxygens (including phenoxy) is 4. The Balaban J connectivity index is 0.897. The Morgan fingerprint density at radius 2 is 1.60 bits per heavy atom. The van der Waals surface area contributed by atoms with Crippen molar-refractivity contribution in [1.29, 1.82) is 0 Å². The van der Waals surface area contributed by atoms with Crippen molar-refractivity contribution >= 4 is 77.2 Å². The minimum atomic E-state index is -3.78. The first-order chi connectivity index (χ1) is 26.5. The van der Waals surface area contributed by atoms with Crippen LogP contribution in [0, 0.1) is 0 Å². The summed E-state index contributed by atoms with van der Waals surface area (Å²) < 4.78 is 50.6. The van der Waals surface area contributed by atoms with E-state index in [2.05, 4.69) is 32.7 Å². The number of rotatable bonds is 19. The Morgan fingerprint density at radius 3 is 2.33 bits per heavy atom. The summed E-state index contributed by atoms with van der Waals surface area (Å²) in [5, 5.41) is 6.24. The van der Waals surface area contributed by atoms with Crippen molar-refractivity contribution in [2.45, 2.75) is 66.2 Å². The van der Waals surface area contributed by atoms with Gasteiger partial charge in [0, 0.05) is 46.9 Å². The van der Waals surface area contributed by atoms with Crippen LogP contribution in [0.25, 0.3) is 21.1 Å². The van der Waals surface area contributed by atoms with Crippen molar-refractivity contribution in [3.8, 4) is 5.75 Å². The van der Waals surface area contributed by atoms with Crippen LogP contribution in [-0.2, 0) is 40.1 Å². The van der Waals surface area contributed by atoms with Gasteiger partial charge in [0.05, 0.1) is 64.3 Å². The third-order valence-electron chi connectivity index (χ3n) is 8.89. The highest BCUT2D eigenvalue weighted by atomic mass is 32.2. The fraction of sp³-hybridized carbons (Fsp3) is 0.400. The quantitative estimate of drug-likeness (QED) is 0.0645. The lowest BCUT2D eigenvalue weighted by atomic mass is 10.1. The third-order valence-corrected chi connectivity index (χ3v) is 13.5. The third kappa shape index (κ3) is 10.8. The van der Waals surface area contributed by atoms with Crippen LogP contribution >= 0.6 is 23.1 Å². The van der Waals surface area contributed by atoms with Gasteiger partial charge in [0.2, 0.25) is 11.8 Å². The maximum Gasteiger partial charge on any atom is 0.240 e. The molecule has 0 spiro atoms. The first kappa shape index (κ1) is 40.5. The molecule has 1 aliphatic heterocycles. The van der Waals surface area contributed by atoms with Gasteiger partial charge in [-0.1, -0.05) is 12.1 Å². The van der Waals surface area contributed by atoms with Crippen molar-refractivity contribution in [2.24, 2.45) is 0 Å². The molecule has 5 aromatic rings. The number of carbonyl (C=O) groups excluding carboxylic acids is 2. The Kier molecular flexibility index (Phi) is 13.8. The van der Waals surface area contributed by atoms with E-state index in [0.29, 0.717) is 56.8 Å². The van der Waals surface area contributed by atoms with Gasteiger partial charge in [0.1, 0.15) is 17.3 Å². The smallest absolute Gasteiger partial charge is 0.240 e. The largest absolute Gasteiger partial charge is 0.490 e. The Hall–Kier alpha value is -4.12. The molecule has 12 nitrogen and oxygen atoms in total. The van der Waals surface area contributed by atoms with Crippen molar-refractivity contribution in [1.82, 2.24) is 15.3 Å². The molecule has 55 heavy (non-hydrogen) atoms. The highest BCUT2D eigenvalue weighted by Crippen LogP contribution is 2.38. The molecular weight excluding hydrogens is 761 g/mol. The molecule has 292 valence electrons. The number of hydrogen-bond acceptors (Lipinski definition) is 13. The van der Waals surface area contributed by atoms with E-state index in [1.54, 1.807) is 55.9 Å². The standard InChI is InChI=1S/C40H46N4O8S3/c1-40(2,3)55(47,48)37-24-30-31(43-28-8-11-35-33(23-28)42-26-53-35)14-15-41-32(30)25-34(37)52-22-21-51-20-19-50-18-17-49-16-4-5-27-6-9-29(10-7-27)54-36-12-13-38(45)44-39(36)46/h6-11,14-15,23-26,36H,4-5,12-13,16-22H2,1-3H3,(H,41,43)(H,44,45,46). The number of thiazole rings is 1. The van der Waals surface area contributed by atoms with Crippen LogP contribution < -0.4 is 15.4 Å². The Bertz CT molecular complexity index is 2200. The average Bonchev–Trinajstić information content (AvgIpc) is 3.63. The van der Waals surface area contributed by atoms with Gasteiger partial charge in [0.15, 0.2) is 9.84 Å². The molecule has 0 bridgehead atoms. The molecule has 2 N–H and O–H groups in total. The number of imide groups is 1. The lowest BCUT2D eigenvalue weighted by molar-refractivity contribution is -0.132. The summed E-state index contributed by atoms with van der Waals surface area (Å²) in [6.45, 7) is 7.69. The summed E-state index contributed by atoms with van der Waals surface area (Å²) in [6.07, 6.45) is 4.37. The maximum absolute atomic E-state index is 13.8. The zero-order valence-corrected chi connectivity index (χ0v) is 33.6. The van der Waals surface area contributed by atoms with E-state index in [9.17, 15) is 18.0 Å². The number of carbonyl (C=O) groups is 2. The molecular formula is C40H46N4O8S3. The van der Waals surface area contributed by atoms with E-state index in [0.717, 1.165) is 39.3 Å². The second-order valence-corrected chi connectivity index (χ2v) is 18.8. The minimum absolute atomic E-state index is 0.0980. The number of fused-ring (bicyclic) bond motifs is 2. The number of thioether (sulfide) groups is 1. The molecule has 3 aromatic carbocycles. The highest BCUT2D eigenvalue weighted by molar-refractivity contribution is 8.00. The van der Waals surface area contributed by atoms with Crippen LogP contribution in [0.1, 0.15) is 45.6 Å².